The van der Waals surface area contributed by atoms with Crippen LogP contribution in [0.2, 0.25) is 0 Å². The zero-order valence-corrected chi connectivity index (χ0v) is 20.6. The standard InChI is InChI=1S/C24H25N7O4.CH2O2/c1-33-13-14-34-12-11-31-16-20(23(30-31)18-5-2-3-9-26-18)29-24(32)19-6-4-7-22(28-19)35-17-8-10-27-21(25)15-17;2-1-3/h2-10,15-16H,11-14H2,1H3,(H2,25,27)(H,29,32);1H,(H,2,3). The largest absolute Gasteiger partial charge is 0.483 e. The summed E-state index contributed by atoms with van der Waals surface area (Å²) in [5.41, 5.74) is 7.53. The summed E-state index contributed by atoms with van der Waals surface area (Å²) in [5.74, 6) is 0.614. The number of nitrogens with zero attached hydrogens (tertiary/aromatic N) is 5. The molecule has 198 valence electrons. The first-order valence-corrected chi connectivity index (χ1v) is 11.3. The lowest BCUT2D eigenvalue weighted by Gasteiger charge is -2.08. The normalized spacial score (nSPS) is 10.2. The number of rotatable bonds is 11. The van der Waals surface area contributed by atoms with E-state index in [-0.39, 0.29) is 18.0 Å². The third-order valence-corrected chi connectivity index (χ3v) is 4.75. The third-order valence-electron chi connectivity index (χ3n) is 4.75. The Bertz CT molecular complexity index is 1320. The van der Waals surface area contributed by atoms with E-state index in [0.29, 0.717) is 55.0 Å². The maximum Gasteiger partial charge on any atom is 0.290 e. The first-order chi connectivity index (χ1) is 18.5. The van der Waals surface area contributed by atoms with Gasteiger partial charge in [-0.25, -0.2) is 9.97 Å². The summed E-state index contributed by atoms with van der Waals surface area (Å²) in [4.78, 5) is 34.0. The van der Waals surface area contributed by atoms with Crippen LogP contribution >= 0.6 is 0 Å². The fourth-order valence-corrected chi connectivity index (χ4v) is 3.12. The number of nitrogens with one attached hydrogen (secondary N) is 1. The second-order valence-electron chi connectivity index (χ2n) is 7.41. The highest BCUT2D eigenvalue weighted by Gasteiger charge is 2.17. The molecule has 0 bridgehead atoms. The average Bonchev–Trinajstić information content (AvgIpc) is 3.32. The predicted octanol–water partition coefficient (Wildman–Crippen LogP) is 2.73. The lowest BCUT2D eigenvalue weighted by Crippen LogP contribution is -2.14. The van der Waals surface area contributed by atoms with Gasteiger partial charge in [-0.2, -0.15) is 5.10 Å². The minimum absolute atomic E-state index is 0.173. The van der Waals surface area contributed by atoms with Gasteiger partial charge in [0.25, 0.3) is 12.4 Å². The zero-order chi connectivity index (χ0) is 27.2. The summed E-state index contributed by atoms with van der Waals surface area (Å²) in [6.07, 6.45) is 4.93. The highest BCUT2D eigenvalue weighted by atomic mass is 16.5. The Morgan fingerprint density at radius 3 is 2.68 bits per heavy atom. The van der Waals surface area contributed by atoms with Crippen LogP contribution in [0.25, 0.3) is 11.4 Å². The molecule has 4 aromatic heterocycles. The first kappa shape index (κ1) is 27.7. The van der Waals surface area contributed by atoms with Gasteiger partial charge in [0.05, 0.1) is 37.7 Å². The van der Waals surface area contributed by atoms with Crippen LogP contribution in [0.4, 0.5) is 11.5 Å². The van der Waals surface area contributed by atoms with Gasteiger partial charge in [0.2, 0.25) is 5.88 Å². The van der Waals surface area contributed by atoms with Crippen molar-refractivity contribution in [1.29, 1.82) is 0 Å². The van der Waals surface area contributed by atoms with E-state index in [1.54, 1.807) is 54.5 Å². The van der Waals surface area contributed by atoms with Crippen molar-refractivity contribution in [3.05, 3.63) is 72.8 Å². The van der Waals surface area contributed by atoms with Crippen LogP contribution in [0.1, 0.15) is 10.5 Å². The molecule has 0 aliphatic rings. The van der Waals surface area contributed by atoms with Gasteiger partial charge in [0.15, 0.2) is 0 Å². The van der Waals surface area contributed by atoms with E-state index < -0.39 is 5.91 Å². The molecule has 4 heterocycles. The van der Waals surface area contributed by atoms with Crippen LogP contribution < -0.4 is 15.8 Å². The second-order valence-corrected chi connectivity index (χ2v) is 7.41. The summed E-state index contributed by atoms with van der Waals surface area (Å²) in [5, 5.41) is 14.4. The summed E-state index contributed by atoms with van der Waals surface area (Å²) in [7, 11) is 1.62. The van der Waals surface area contributed by atoms with E-state index in [1.165, 1.54) is 6.20 Å². The summed E-state index contributed by atoms with van der Waals surface area (Å²) in [6.45, 7) is 1.70. The monoisotopic (exact) mass is 521 g/mol. The van der Waals surface area contributed by atoms with Gasteiger partial charge in [0, 0.05) is 37.8 Å². The summed E-state index contributed by atoms with van der Waals surface area (Å²) in [6, 6.07) is 13.6. The number of ether oxygens (including phenoxy) is 3. The van der Waals surface area contributed by atoms with Gasteiger partial charge in [0.1, 0.15) is 23.0 Å². The van der Waals surface area contributed by atoms with Crippen LogP contribution in [0.15, 0.2) is 67.1 Å². The lowest BCUT2D eigenvalue weighted by molar-refractivity contribution is -0.122. The number of hydrogen-bond acceptors (Lipinski definition) is 10. The number of anilines is 2. The Labute approximate surface area is 218 Å². The van der Waals surface area contributed by atoms with Crippen molar-refractivity contribution in [1.82, 2.24) is 24.7 Å². The van der Waals surface area contributed by atoms with Gasteiger partial charge in [-0.15, -0.1) is 0 Å². The van der Waals surface area contributed by atoms with Gasteiger partial charge < -0.3 is 30.4 Å². The van der Waals surface area contributed by atoms with E-state index >= 15 is 0 Å². The van der Waals surface area contributed by atoms with E-state index in [1.807, 2.05) is 18.2 Å². The SMILES string of the molecule is COCCOCCn1cc(NC(=O)c2cccc(Oc3ccnc(N)c3)n2)c(-c2ccccn2)n1.O=CO. The molecule has 0 spiro atoms. The Balaban J connectivity index is 0.00000127. The quantitative estimate of drug-likeness (QED) is 0.195. The smallest absolute Gasteiger partial charge is 0.290 e. The van der Waals surface area contributed by atoms with Gasteiger partial charge in [-0.05, 0) is 24.3 Å². The molecule has 38 heavy (non-hydrogen) atoms. The number of carboxylic acid groups (broad SMARTS) is 1. The molecule has 0 saturated heterocycles. The molecular weight excluding hydrogens is 494 g/mol. The maximum absolute atomic E-state index is 13.0. The first-order valence-electron chi connectivity index (χ1n) is 11.3. The van der Waals surface area contributed by atoms with E-state index in [2.05, 4.69) is 25.4 Å². The summed E-state index contributed by atoms with van der Waals surface area (Å²) >= 11 is 0. The van der Waals surface area contributed by atoms with Crippen LogP contribution in [0, 0.1) is 0 Å². The molecule has 0 saturated carbocycles. The molecule has 0 aliphatic heterocycles. The molecule has 4 aromatic rings. The average molecular weight is 522 g/mol. The number of nitrogen functional groups attached to an aromatic ring is 1. The Hall–Kier alpha value is -4.88. The number of hydrogen-bond donors (Lipinski definition) is 3. The number of pyridine rings is 3. The number of carbonyl (C=O) groups excluding carboxylic acids is 1. The fourth-order valence-electron chi connectivity index (χ4n) is 3.12. The third kappa shape index (κ3) is 8.36. The Morgan fingerprint density at radius 2 is 1.95 bits per heavy atom. The van der Waals surface area contributed by atoms with Crippen molar-refractivity contribution in [2.45, 2.75) is 6.54 Å². The minimum Gasteiger partial charge on any atom is -0.483 e. The van der Waals surface area contributed by atoms with E-state index in [4.69, 9.17) is 29.8 Å². The molecule has 0 atom stereocenters. The van der Waals surface area contributed by atoms with Crippen LogP contribution in [-0.4, -0.2) is 69.1 Å². The lowest BCUT2D eigenvalue weighted by atomic mass is 10.2. The fraction of sp³-hybridized carbons (Fsp3) is 0.200. The molecule has 13 nitrogen and oxygen atoms in total. The van der Waals surface area contributed by atoms with Crippen molar-refractivity contribution in [2.24, 2.45) is 0 Å². The number of aromatic nitrogens is 5. The van der Waals surface area contributed by atoms with Crippen molar-refractivity contribution in [3.63, 3.8) is 0 Å². The maximum atomic E-state index is 13.0. The molecule has 0 fully saturated rings. The molecule has 0 aromatic carbocycles. The molecule has 1 amide bonds. The minimum atomic E-state index is -0.419. The Kier molecular flexibility index (Phi) is 10.7. The molecule has 4 N–H and O–H groups in total. The van der Waals surface area contributed by atoms with E-state index in [0.717, 1.165) is 0 Å². The van der Waals surface area contributed by atoms with E-state index in [9.17, 15) is 4.79 Å². The Morgan fingerprint density at radius 1 is 1.11 bits per heavy atom. The number of methoxy groups -OCH3 is 1. The van der Waals surface area contributed by atoms with Gasteiger partial charge >= 0.3 is 0 Å². The molecule has 0 aliphatic carbocycles. The summed E-state index contributed by atoms with van der Waals surface area (Å²) < 4.78 is 17.9. The van der Waals surface area contributed by atoms with Crippen molar-refractivity contribution < 1.29 is 28.9 Å². The second kappa shape index (κ2) is 14.6. The molecule has 4 rings (SSSR count). The van der Waals surface area contributed by atoms with Gasteiger partial charge in [-0.3, -0.25) is 19.3 Å². The van der Waals surface area contributed by atoms with Crippen molar-refractivity contribution in [3.8, 4) is 23.0 Å². The topological polar surface area (TPSA) is 177 Å². The van der Waals surface area contributed by atoms with Crippen molar-refractivity contribution in [2.75, 3.05) is 38.0 Å². The number of nitrogens with two attached hydrogens (primary N) is 1. The molecule has 13 heteroatoms. The number of carbonyl (C=O) groups is 2. The van der Waals surface area contributed by atoms with Crippen LogP contribution in [0.5, 0.6) is 11.6 Å². The molecule has 0 unspecified atom stereocenters. The van der Waals surface area contributed by atoms with Crippen LogP contribution in [0.3, 0.4) is 0 Å². The highest BCUT2D eigenvalue weighted by Crippen LogP contribution is 2.26. The predicted molar refractivity (Wildman–Crippen MR) is 138 cm³/mol. The molecule has 0 radical (unpaired) electrons. The van der Waals surface area contributed by atoms with Crippen LogP contribution in [-0.2, 0) is 20.8 Å². The number of amides is 1. The zero-order valence-electron chi connectivity index (χ0n) is 20.6. The highest BCUT2D eigenvalue weighted by molar-refractivity contribution is 6.04. The van der Waals surface area contributed by atoms with Gasteiger partial charge in [-0.1, -0.05) is 12.1 Å². The van der Waals surface area contributed by atoms with Crippen molar-refractivity contribution >= 4 is 23.9 Å². The molecular formula is C25H27N7O6.